The molecule has 14 heavy (non-hydrogen) atoms. The normalized spacial score (nSPS) is 19.0. The van der Waals surface area contributed by atoms with Crippen molar-refractivity contribution in [3.8, 4) is 11.8 Å². The maximum atomic E-state index is 9.76. The molecule has 0 bridgehead atoms. The van der Waals surface area contributed by atoms with Crippen LogP contribution in [0.5, 0.6) is 5.75 Å². The van der Waals surface area contributed by atoms with E-state index in [4.69, 9.17) is 10.00 Å². The van der Waals surface area contributed by atoms with Gasteiger partial charge in [-0.3, -0.25) is 4.98 Å². The fourth-order valence-corrected chi connectivity index (χ4v) is 1.60. The van der Waals surface area contributed by atoms with E-state index in [-0.39, 0.29) is 18.3 Å². The molecule has 2 rings (SSSR count). The second-order valence-corrected chi connectivity index (χ2v) is 3.28. The van der Waals surface area contributed by atoms with Gasteiger partial charge < -0.3 is 9.84 Å². The van der Waals surface area contributed by atoms with Gasteiger partial charge in [0.2, 0.25) is 0 Å². The summed E-state index contributed by atoms with van der Waals surface area (Å²) in [7, 11) is 0. The largest absolute Gasteiger partial charge is 0.506 e. The minimum Gasteiger partial charge on any atom is -0.506 e. The van der Waals surface area contributed by atoms with Crippen LogP contribution in [0.2, 0.25) is 0 Å². The van der Waals surface area contributed by atoms with Gasteiger partial charge in [0, 0.05) is 17.3 Å². The van der Waals surface area contributed by atoms with Crippen molar-refractivity contribution in [1.29, 1.82) is 5.26 Å². The number of rotatable bonds is 1. The molecule has 0 spiro atoms. The average molecular weight is 190 g/mol. The first kappa shape index (κ1) is 8.97. The number of pyridine rings is 1. The highest BCUT2D eigenvalue weighted by Crippen LogP contribution is 2.36. The summed E-state index contributed by atoms with van der Waals surface area (Å²) in [5.41, 5.74) is 2.13. The summed E-state index contributed by atoms with van der Waals surface area (Å²) in [6, 6.07) is 1.96. The summed E-state index contributed by atoms with van der Waals surface area (Å²) in [6.45, 7) is 2.32. The number of nitriles is 1. The first-order valence-electron chi connectivity index (χ1n) is 4.42. The first-order valence-corrected chi connectivity index (χ1v) is 4.42. The molecule has 1 atom stereocenters. The Hall–Kier alpha value is -1.60. The Morgan fingerprint density at radius 2 is 2.57 bits per heavy atom. The van der Waals surface area contributed by atoms with Gasteiger partial charge in [-0.25, -0.2) is 0 Å². The van der Waals surface area contributed by atoms with E-state index in [9.17, 15) is 5.11 Å². The van der Waals surface area contributed by atoms with Gasteiger partial charge >= 0.3 is 0 Å². The molecule has 1 aliphatic heterocycles. The fourth-order valence-electron chi connectivity index (χ4n) is 1.60. The van der Waals surface area contributed by atoms with Crippen molar-refractivity contribution in [2.75, 3.05) is 0 Å². The molecule has 1 aliphatic rings. The molecule has 0 saturated heterocycles. The van der Waals surface area contributed by atoms with E-state index >= 15 is 0 Å². The van der Waals surface area contributed by atoms with E-state index in [1.54, 1.807) is 6.20 Å². The summed E-state index contributed by atoms with van der Waals surface area (Å²) in [5, 5.41) is 18.3. The molecule has 4 nitrogen and oxygen atoms in total. The molecule has 72 valence electrons. The average Bonchev–Trinajstić information content (AvgIpc) is 2.54. The predicted molar refractivity (Wildman–Crippen MR) is 48.4 cm³/mol. The molecule has 0 amide bonds. The number of nitrogens with zero attached hydrogens (tertiary/aromatic N) is 2. The van der Waals surface area contributed by atoms with Crippen molar-refractivity contribution in [2.24, 2.45) is 0 Å². The second-order valence-electron chi connectivity index (χ2n) is 3.28. The van der Waals surface area contributed by atoms with Crippen LogP contribution in [0.15, 0.2) is 6.20 Å². The van der Waals surface area contributed by atoms with Crippen molar-refractivity contribution in [3.05, 3.63) is 23.0 Å². The molecule has 0 saturated carbocycles. The van der Waals surface area contributed by atoms with E-state index in [0.29, 0.717) is 12.3 Å². The second kappa shape index (κ2) is 3.28. The number of hydrogen-bond acceptors (Lipinski definition) is 4. The molecule has 1 N–H and O–H groups in total. The van der Waals surface area contributed by atoms with E-state index in [0.717, 1.165) is 11.1 Å². The lowest BCUT2D eigenvalue weighted by Gasteiger charge is -2.05. The maximum absolute atomic E-state index is 9.76. The predicted octanol–water partition coefficient (Wildman–Crippen LogP) is 1.44. The molecule has 0 aromatic carbocycles. The van der Waals surface area contributed by atoms with Crippen LogP contribution in [-0.4, -0.2) is 10.1 Å². The van der Waals surface area contributed by atoms with Gasteiger partial charge in [-0.05, 0) is 6.92 Å². The van der Waals surface area contributed by atoms with Crippen LogP contribution < -0.4 is 0 Å². The number of hydrogen-bond donors (Lipinski definition) is 1. The highest BCUT2D eigenvalue weighted by Gasteiger charge is 2.24. The Labute approximate surface area is 81.8 Å². The Morgan fingerprint density at radius 1 is 1.79 bits per heavy atom. The zero-order valence-corrected chi connectivity index (χ0v) is 7.82. The Balaban J connectivity index is 2.48. The molecule has 1 aromatic heterocycles. The SMILES string of the molecule is CC1OCc2c1cnc(CC#N)c2O. The zero-order chi connectivity index (χ0) is 10.1. The van der Waals surface area contributed by atoms with Gasteiger partial charge in [-0.2, -0.15) is 5.26 Å². The summed E-state index contributed by atoms with van der Waals surface area (Å²) in [6.07, 6.45) is 1.80. The van der Waals surface area contributed by atoms with Crippen molar-refractivity contribution in [3.63, 3.8) is 0 Å². The third-order valence-electron chi connectivity index (χ3n) is 2.43. The van der Waals surface area contributed by atoms with Gasteiger partial charge in [0.05, 0.1) is 30.9 Å². The lowest BCUT2D eigenvalue weighted by atomic mass is 10.1. The van der Waals surface area contributed by atoms with E-state index in [1.807, 2.05) is 13.0 Å². The molecule has 2 heterocycles. The molecule has 1 aromatic rings. The number of aromatic hydroxyl groups is 1. The molecular weight excluding hydrogens is 180 g/mol. The van der Waals surface area contributed by atoms with Crippen LogP contribution in [0.1, 0.15) is 29.8 Å². The van der Waals surface area contributed by atoms with E-state index in [2.05, 4.69) is 4.98 Å². The molecule has 0 radical (unpaired) electrons. The van der Waals surface area contributed by atoms with Crippen LogP contribution in [0.4, 0.5) is 0 Å². The zero-order valence-electron chi connectivity index (χ0n) is 7.82. The van der Waals surface area contributed by atoms with Crippen molar-refractivity contribution >= 4 is 0 Å². The number of aromatic nitrogens is 1. The highest BCUT2D eigenvalue weighted by atomic mass is 16.5. The Kier molecular flexibility index (Phi) is 2.10. The van der Waals surface area contributed by atoms with E-state index in [1.165, 1.54) is 0 Å². The molecule has 1 unspecified atom stereocenters. The van der Waals surface area contributed by atoms with Crippen LogP contribution in [0, 0.1) is 11.3 Å². The van der Waals surface area contributed by atoms with Crippen molar-refractivity contribution < 1.29 is 9.84 Å². The monoisotopic (exact) mass is 190 g/mol. The lowest BCUT2D eigenvalue weighted by molar-refractivity contribution is 0.0790. The molecule has 0 aliphatic carbocycles. The van der Waals surface area contributed by atoms with Crippen LogP contribution >= 0.6 is 0 Å². The third kappa shape index (κ3) is 1.22. The summed E-state index contributed by atoms with van der Waals surface area (Å²) >= 11 is 0. The fraction of sp³-hybridized carbons (Fsp3) is 0.400. The van der Waals surface area contributed by atoms with Crippen molar-refractivity contribution in [1.82, 2.24) is 4.98 Å². The smallest absolute Gasteiger partial charge is 0.144 e. The van der Waals surface area contributed by atoms with Crippen LogP contribution in [0.3, 0.4) is 0 Å². The minimum atomic E-state index is -0.0143. The van der Waals surface area contributed by atoms with Crippen LogP contribution in [-0.2, 0) is 17.8 Å². The van der Waals surface area contributed by atoms with Crippen LogP contribution in [0.25, 0.3) is 0 Å². The van der Waals surface area contributed by atoms with Gasteiger partial charge in [0.25, 0.3) is 0 Å². The van der Waals surface area contributed by atoms with Gasteiger partial charge in [0.1, 0.15) is 5.75 Å². The van der Waals surface area contributed by atoms with E-state index < -0.39 is 0 Å². The molecule has 4 heteroatoms. The Bertz CT molecular complexity index is 409. The van der Waals surface area contributed by atoms with Gasteiger partial charge in [0.15, 0.2) is 0 Å². The molecular formula is C10H10N2O2. The minimum absolute atomic E-state index is 0.0143. The summed E-state index contributed by atoms with van der Waals surface area (Å²) in [5.74, 6) is 0.119. The summed E-state index contributed by atoms with van der Waals surface area (Å²) < 4.78 is 5.35. The van der Waals surface area contributed by atoms with Gasteiger partial charge in [-0.15, -0.1) is 0 Å². The maximum Gasteiger partial charge on any atom is 0.144 e. The quantitative estimate of drug-likeness (QED) is 0.727. The lowest BCUT2D eigenvalue weighted by Crippen LogP contribution is -1.95. The first-order chi connectivity index (χ1) is 6.74. The summed E-state index contributed by atoms with van der Waals surface area (Å²) in [4.78, 5) is 4.04. The molecule has 0 fully saturated rings. The highest BCUT2D eigenvalue weighted by molar-refractivity contribution is 5.44. The standard InChI is InChI=1S/C10H10N2O2/c1-6-7-4-12-9(2-3-11)10(13)8(7)5-14-6/h4,6,13H,2,5H2,1H3. The third-order valence-corrected chi connectivity index (χ3v) is 2.43. The number of fused-ring (bicyclic) bond motifs is 1. The van der Waals surface area contributed by atoms with Crippen molar-refractivity contribution in [2.45, 2.75) is 26.1 Å². The topological polar surface area (TPSA) is 66.1 Å². The Morgan fingerprint density at radius 3 is 3.29 bits per heavy atom. The number of ether oxygens (including phenoxy) is 1. The van der Waals surface area contributed by atoms with Gasteiger partial charge in [-0.1, -0.05) is 0 Å².